The van der Waals surface area contributed by atoms with Gasteiger partial charge in [0.2, 0.25) is 0 Å². The number of halogens is 1. The molecule has 1 atom stereocenters. The Labute approximate surface area is 114 Å². The quantitative estimate of drug-likeness (QED) is 0.886. The van der Waals surface area contributed by atoms with Crippen LogP contribution in [0.1, 0.15) is 34.8 Å². The van der Waals surface area contributed by atoms with Gasteiger partial charge in [0.1, 0.15) is 16.1 Å². The summed E-state index contributed by atoms with van der Waals surface area (Å²) in [5, 5.41) is 2.87. The van der Waals surface area contributed by atoms with Crippen LogP contribution in [-0.4, -0.2) is 10.9 Å². The maximum Gasteiger partial charge on any atom is 0.252 e. The molecule has 0 bridgehead atoms. The molecular formula is C13H13BrN2O2. The van der Waals surface area contributed by atoms with E-state index in [0.717, 1.165) is 11.5 Å². The largest absolute Gasteiger partial charge is 0.464 e. The summed E-state index contributed by atoms with van der Waals surface area (Å²) in [5.41, 5.74) is 0.562. The Morgan fingerprint density at radius 2 is 2.22 bits per heavy atom. The highest BCUT2D eigenvalue weighted by Crippen LogP contribution is 2.16. The third-order valence-corrected chi connectivity index (χ3v) is 2.96. The zero-order chi connectivity index (χ0) is 13.1. The normalized spacial score (nSPS) is 12.2. The highest BCUT2D eigenvalue weighted by molar-refractivity contribution is 9.10. The molecule has 18 heavy (non-hydrogen) atoms. The summed E-state index contributed by atoms with van der Waals surface area (Å²) in [6.07, 6.45) is 1.58. The maximum atomic E-state index is 12.0. The molecule has 0 aliphatic rings. The molecule has 2 heterocycles. The molecule has 0 radical (unpaired) electrons. The van der Waals surface area contributed by atoms with Gasteiger partial charge < -0.3 is 9.73 Å². The van der Waals surface area contributed by atoms with Crippen LogP contribution in [0.2, 0.25) is 0 Å². The van der Waals surface area contributed by atoms with Gasteiger partial charge >= 0.3 is 0 Å². The van der Waals surface area contributed by atoms with Gasteiger partial charge in [0.25, 0.3) is 5.91 Å². The summed E-state index contributed by atoms with van der Waals surface area (Å²) in [4.78, 5) is 16.0. The van der Waals surface area contributed by atoms with E-state index < -0.39 is 0 Å². The Kier molecular flexibility index (Phi) is 3.81. The first-order chi connectivity index (χ1) is 8.56. The van der Waals surface area contributed by atoms with E-state index in [-0.39, 0.29) is 11.9 Å². The van der Waals surface area contributed by atoms with E-state index in [0.29, 0.717) is 10.2 Å². The van der Waals surface area contributed by atoms with Crippen LogP contribution >= 0.6 is 15.9 Å². The highest BCUT2D eigenvalue weighted by atomic mass is 79.9. The Hall–Kier alpha value is -1.62. The van der Waals surface area contributed by atoms with Gasteiger partial charge in [0.15, 0.2) is 0 Å². The molecule has 0 aliphatic heterocycles. The van der Waals surface area contributed by atoms with Crippen molar-refractivity contribution in [3.05, 3.63) is 52.1 Å². The monoisotopic (exact) mass is 308 g/mol. The molecule has 94 valence electrons. The third kappa shape index (κ3) is 2.98. The number of nitrogens with one attached hydrogen (secondary N) is 1. The van der Waals surface area contributed by atoms with Gasteiger partial charge in [-0.3, -0.25) is 4.79 Å². The Morgan fingerprint density at radius 1 is 1.44 bits per heavy atom. The number of pyridine rings is 1. The second-order valence-corrected chi connectivity index (χ2v) is 4.82. The van der Waals surface area contributed by atoms with Crippen LogP contribution in [0, 0.1) is 6.92 Å². The Morgan fingerprint density at radius 3 is 2.83 bits per heavy atom. The van der Waals surface area contributed by atoms with Crippen LogP contribution < -0.4 is 5.32 Å². The van der Waals surface area contributed by atoms with E-state index in [1.54, 1.807) is 18.3 Å². The first kappa shape index (κ1) is 12.8. The van der Waals surface area contributed by atoms with E-state index in [4.69, 9.17) is 4.42 Å². The minimum Gasteiger partial charge on any atom is -0.464 e. The fourth-order valence-corrected chi connectivity index (χ4v) is 1.95. The van der Waals surface area contributed by atoms with E-state index >= 15 is 0 Å². The number of amides is 1. The molecular weight excluding hydrogens is 296 g/mol. The molecule has 1 N–H and O–H groups in total. The fourth-order valence-electron chi connectivity index (χ4n) is 1.58. The molecule has 1 unspecified atom stereocenters. The molecule has 0 saturated heterocycles. The topological polar surface area (TPSA) is 55.1 Å². The predicted molar refractivity (Wildman–Crippen MR) is 71.3 cm³/mol. The number of rotatable bonds is 3. The van der Waals surface area contributed by atoms with Crippen LogP contribution in [0.4, 0.5) is 0 Å². The Balaban J connectivity index is 2.08. The van der Waals surface area contributed by atoms with Crippen molar-refractivity contribution in [3.63, 3.8) is 0 Å². The van der Waals surface area contributed by atoms with Crippen molar-refractivity contribution in [2.45, 2.75) is 19.9 Å². The summed E-state index contributed by atoms with van der Waals surface area (Å²) in [7, 11) is 0. The number of furan rings is 1. The van der Waals surface area contributed by atoms with Crippen molar-refractivity contribution >= 4 is 21.8 Å². The zero-order valence-electron chi connectivity index (χ0n) is 10.1. The average molecular weight is 309 g/mol. The highest BCUT2D eigenvalue weighted by Gasteiger charge is 2.14. The zero-order valence-corrected chi connectivity index (χ0v) is 11.7. The molecule has 1 amide bonds. The van der Waals surface area contributed by atoms with Gasteiger partial charge in [-0.05, 0) is 54.0 Å². The lowest BCUT2D eigenvalue weighted by atomic mass is 10.2. The first-order valence-electron chi connectivity index (χ1n) is 5.55. The van der Waals surface area contributed by atoms with Gasteiger partial charge in [-0.1, -0.05) is 0 Å². The van der Waals surface area contributed by atoms with Crippen LogP contribution in [0.15, 0.2) is 39.5 Å². The lowest BCUT2D eigenvalue weighted by Gasteiger charge is -2.11. The number of aromatic nitrogens is 1. The predicted octanol–water partition coefficient (Wildman–Crippen LogP) is 3.24. The minimum atomic E-state index is -0.168. The first-order valence-corrected chi connectivity index (χ1v) is 6.34. The number of hydrogen-bond acceptors (Lipinski definition) is 3. The fraction of sp³-hybridized carbons (Fsp3) is 0.231. The molecule has 0 aliphatic carbocycles. The van der Waals surface area contributed by atoms with Gasteiger partial charge in [-0.25, -0.2) is 4.98 Å². The molecule has 0 saturated carbocycles. The van der Waals surface area contributed by atoms with E-state index in [2.05, 4.69) is 26.2 Å². The van der Waals surface area contributed by atoms with E-state index in [1.165, 1.54) is 0 Å². The number of hydrogen-bond donors (Lipinski definition) is 1. The number of carbonyl (C=O) groups is 1. The lowest BCUT2D eigenvalue weighted by Crippen LogP contribution is -2.26. The summed E-state index contributed by atoms with van der Waals surface area (Å²) in [6, 6.07) is 6.91. The van der Waals surface area contributed by atoms with Crippen LogP contribution in [-0.2, 0) is 0 Å². The average Bonchev–Trinajstić information content (AvgIpc) is 2.76. The SMILES string of the molecule is Cc1ccc(C(C)NC(=O)c2ccnc(Br)c2)o1. The van der Waals surface area contributed by atoms with Gasteiger partial charge in [0.05, 0.1) is 6.04 Å². The third-order valence-electron chi connectivity index (χ3n) is 2.52. The summed E-state index contributed by atoms with van der Waals surface area (Å²) < 4.78 is 6.11. The second kappa shape index (κ2) is 5.35. The van der Waals surface area contributed by atoms with Gasteiger partial charge in [-0.15, -0.1) is 0 Å². The molecule has 4 nitrogen and oxygen atoms in total. The van der Waals surface area contributed by atoms with Crippen molar-refractivity contribution < 1.29 is 9.21 Å². The van der Waals surface area contributed by atoms with Crippen LogP contribution in [0.25, 0.3) is 0 Å². The number of carbonyl (C=O) groups excluding carboxylic acids is 1. The maximum absolute atomic E-state index is 12.0. The van der Waals surface area contributed by atoms with Crippen LogP contribution in [0.3, 0.4) is 0 Å². The van der Waals surface area contributed by atoms with Crippen molar-refractivity contribution in [1.29, 1.82) is 0 Å². The lowest BCUT2D eigenvalue weighted by molar-refractivity contribution is 0.0935. The van der Waals surface area contributed by atoms with E-state index in [9.17, 15) is 4.79 Å². The number of nitrogens with zero attached hydrogens (tertiary/aromatic N) is 1. The standard InChI is InChI=1S/C13H13BrN2O2/c1-8-3-4-11(18-8)9(2)16-13(17)10-5-6-15-12(14)7-10/h3-7,9H,1-2H3,(H,16,17). The van der Waals surface area contributed by atoms with E-state index in [1.807, 2.05) is 26.0 Å². The summed E-state index contributed by atoms with van der Waals surface area (Å²) >= 11 is 3.24. The molecule has 2 aromatic rings. The van der Waals surface area contributed by atoms with Crippen molar-refractivity contribution in [2.75, 3.05) is 0 Å². The molecule has 2 aromatic heterocycles. The van der Waals surface area contributed by atoms with Gasteiger partial charge in [0, 0.05) is 11.8 Å². The Bertz CT molecular complexity index is 566. The molecule has 2 rings (SSSR count). The van der Waals surface area contributed by atoms with Crippen molar-refractivity contribution in [1.82, 2.24) is 10.3 Å². The molecule has 0 spiro atoms. The second-order valence-electron chi connectivity index (χ2n) is 4.01. The molecule has 0 fully saturated rings. The summed E-state index contributed by atoms with van der Waals surface area (Å²) in [6.45, 7) is 3.75. The molecule has 5 heteroatoms. The minimum absolute atomic E-state index is 0.153. The smallest absolute Gasteiger partial charge is 0.252 e. The van der Waals surface area contributed by atoms with Crippen LogP contribution in [0.5, 0.6) is 0 Å². The van der Waals surface area contributed by atoms with Crippen molar-refractivity contribution in [2.24, 2.45) is 0 Å². The van der Waals surface area contributed by atoms with Crippen molar-refractivity contribution in [3.8, 4) is 0 Å². The molecule has 0 aromatic carbocycles. The number of aryl methyl sites for hydroxylation is 1. The summed E-state index contributed by atoms with van der Waals surface area (Å²) in [5.74, 6) is 1.42. The van der Waals surface area contributed by atoms with Gasteiger partial charge in [-0.2, -0.15) is 0 Å².